The van der Waals surface area contributed by atoms with Crippen LogP contribution >= 0.6 is 15.9 Å². The zero-order chi connectivity index (χ0) is 21.3. The van der Waals surface area contributed by atoms with Crippen LogP contribution in [0.1, 0.15) is 15.9 Å². The third-order valence-corrected chi connectivity index (χ3v) is 4.81. The summed E-state index contributed by atoms with van der Waals surface area (Å²) < 4.78 is 6.18. The standard InChI is InChI=1S/C21H14BrN3O5/c22-12-4-5-15-13(8-12)14(9-16(24-15)18-2-1-7-30-18)21(29)25-23-10-11-3-6-17(26)20(28)19(11)27/h1-10,26-28H,(H,25,29)/b23-10+. The van der Waals surface area contributed by atoms with E-state index in [0.29, 0.717) is 27.9 Å². The second kappa shape index (κ2) is 7.88. The minimum atomic E-state index is -0.668. The fraction of sp³-hybridized carbons (Fsp3) is 0. The van der Waals surface area contributed by atoms with Crippen molar-refractivity contribution in [1.29, 1.82) is 0 Å². The fourth-order valence-corrected chi connectivity index (χ4v) is 3.21. The predicted molar refractivity (Wildman–Crippen MR) is 114 cm³/mol. The van der Waals surface area contributed by atoms with Crippen LogP contribution in [0.5, 0.6) is 17.2 Å². The first kappa shape index (κ1) is 19.5. The lowest BCUT2D eigenvalue weighted by atomic mass is 10.1. The fourth-order valence-electron chi connectivity index (χ4n) is 2.85. The van der Waals surface area contributed by atoms with E-state index in [4.69, 9.17) is 4.42 Å². The molecule has 0 atom stereocenters. The Bertz CT molecular complexity index is 1290. The number of phenols is 3. The van der Waals surface area contributed by atoms with E-state index in [1.807, 2.05) is 6.07 Å². The van der Waals surface area contributed by atoms with Crippen molar-refractivity contribution < 1.29 is 24.5 Å². The van der Waals surface area contributed by atoms with Crippen LogP contribution in [0.15, 0.2) is 68.8 Å². The van der Waals surface area contributed by atoms with Crippen LogP contribution in [0.2, 0.25) is 0 Å². The third-order valence-electron chi connectivity index (χ3n) is 4.32. The molecule has 4 N–H and O–H groups in total. The first-order chi connectivity index (χ1) is 14.4. The lowest BCUT2D eigenvalue weighted by Gasteiger charge is -2.08. The van der Waals surface area contributed by atoms with Gasteiger partial charge in [-0.05, 0) is 48.5 Å². The van der Waals surface area contributed by atoms with E-state index < -0.39 is 23.2 Å². The highest BCUT2D eigenvalue weighted by Crippen LogP contribution is 2.36. The Kier molecular flexibility index (Phi) is 5.11. The van der Waals surface area contributed by atoms with Gasteiger partial charge in [0.1, 0.15) is 5.69 Å². The Hall–Kier alpha value is -3.85. The van der Waals surface area contributed by atoms with Crippen molar-refractivity contribution in [2.24, 2.45) is 5.10 Å². The van der Waals surface area contributed by atoms with Gasteiger partial charge in [-0.3, -0.25) is 4.79 Å². The van der Waals surface area contributed by atoms with Crippen molar-refractivity contribution >= 4 is 39.0 Å². The number of nitrogens with one attached hydrogen (secondary N) is 1. The quantitative estimate of drug-likeness (QED) is 0.203. The average Bonchev–Trinajstić information content (AvgIpc) is 3.28. The Labute approximate surface area is 178 Å². The van der Waals surface area contributed by atoms with Gasteiger partial charge in [0, 0.05) is 15.4 Å². The number of fused-ring (bicyclic) bond motifs is 1. The summed E-state index contributed by atoms with van der Waals surface area (Å²) in [7, 11) is 0. The lowest BCUT2D eigenvalue weighted by molar-refractivity contribution is 0.0956. The molecule has 0 radical (unpaired) electrons. The van der Waals surface area contributed by atoms with E-state index in [0.717, 1.165) is 10.7 Å². The van der Waals surface area contributed by atoms with Crippen LogP contribution in [-0.2, 0) is 0 Å². The molecule has 150 valence electrons. The third kappa shape index (κ3) is 3.70. The molecule has 0 fully saturated rings. The Morgan fingerprint density at radius 2 is 1.93 bits per heavy atom. The lowest BCUT2D eigenvalue weighted by Crippen LogP contribution is -2.18. The molecule has 9 heteroatoms. The number of hydrazone groups is 1. The van der Waals surface area contributed by atoms with Gasteiger partial charge in [-0.15, -0.1) is 0 Å². The molecule has 0 aliphatic carbocycles. The zero-order valence-electron chi connectivity index (χ0n) is 15.2. The number of aromatic nitrogens is 1. The van der Waals surface area contributed by atoms with E-state index in [1.165, 1.54) is 18.4 Å². The number of phenolic OH excluding ortho intramolecular Hbond substituents is 3. The van der Waals surface area contributed by atoms with Crippen LogP contribution in [0.3, 0.4) is 0 Å². The second-order valence-electron chi connectivity index (χ2n) is 6.26. The summed E-state index contributed by atoms with van der Waals surface area (Å²) in [6.07, 6.45) is 2.67. The summed E-state index contributed by atoms with van der Waals surface area (Å²) in [6, 6.07) is 13.0. The van der Waals surface area contributed by atoms with Gasteiger partial charge in [-0.2, -0.15) is 5.10 Å². The summed E-state index contributed by atoms with van der Waals surface area (Å²) >= 11 is 3.40. The molecule has 0 aliphatic heterocycles. The maximum absolute atomic E-state index is 12.8. The van der Waals surface area contributed by atoms with E-state index >= 15 is 0 Å². The van der Waals surface area contributed by atoms with Crippen molar-refractivity contribution in [1.82, 2.24) is 10.4 Å². The number of furan rings is 1. The minimum Gasteiger partial charge on any atom is -0.504 e. The Morgan fingerprint density at radius 3 is 2.70 bits per heavy atom. The molecule has 2 aromatic heterocycles. The van der Waals surface area contributed by atoms with Gasteiger partial charge in [0.2, 0.25) is 5.75 Å². The molecule has 0 saturated heterocycles. The molecule has 4 rings (SSSR count). The number of hydrogen-bond acceptors (Lipinski definition) is 7. The van der Waals surface area contributed by atoms with Crippen molar-refractivity contribution in [3.63, 3.8) is 0 Å². The molecule has 0 bridgehead atoms. The highest BCUT2D eigenvalue weighted by atomic mass is 79.9. The minimum absolute atomic E-state index is 0.115. The number of carbonyl (C=O) groups is 1. The van der Waals surface area contributed by atoms with E-state index in [9.17, 15) is 20.1 Å². The number of benzene rings is 2. The number of carbonyl (C=O) groups excluding carboxylic acids is 1. The van der Waals surface area contributed by atoms with E-state index in [-0.39, 0.29) is 5.56 Å². The Morgan fingerprint density at radius 1 is 1.10 bits per heavy atom. The summed E-state index contributed by atoms with van der Waals surface area (Å²) in [6.45, 7) is 0. The number of pyridine rings is 1. The van der Waals surface area contributed by atoms with Crippen molar-refractivity contribution in [2.45, 2.75) is 0 Å². The number of aromatic hydroxyl groups is 3. The van der Waals surface area contributed by atoms with Gasteiger partial charge in [0.25, 0.3) is 5.91 Å². The molecule has 0 spiro atoms. The van der Waals surface area contributed by atoms with Crippen molar-refractivity contribution in [3.8, 4) is 28.7 Å². The Balaban J connectivity index is 1.69. The molecular weight excluding hydrogens is 454 g/mol. The van der Waals surface area contributed by atoms with E-state index in [1.54, 1.807) is 30.3 Å². The maximum atomic E-state index is 12.8. The summed E-state index contributed by atoms with van der Waals surface area (Å²) in [4.78, 5) is 17.4. The first-order valence-corrected chi connectivity index (χ1v) is 9.45. The normalized spacial score (nSPS) is 11.2. The smallest absolute Gasteiger partial charge is 0.272 e. The van der Waals surface area contributed by atoms with Crippen LogP contribution < -0.4 is 5.43 Å². The van der Waals surface area contributed by atoms with Crippen LogP contribution in [0.4, 0.5) is 0 Å². The first-order valence-electron chi connectivity index (χ1n) is 8.65. The van der Waals surface area contributed by atoms with Gasteiger partial charge in [0.05, 0.1) is 23.6 Å². The molecule has 0 aliphatic rings. The molecule has 4 aromatic rings. The molecule has 2 aromatic carbocycles. The average molecular weight is 468 g/mol. The highest BCUT2D eigenvalue weighted by molar-refractivity contribution is 9.10. The monoisotopic (exact) mass is 467 g/mol. The van der Waals surface area contributed by atoms with E-state index in [2.05, 4.69) is 31.4 Å². The largest absolute Gasteiger partial charge is 0.504 e. The topological polar surface area (TPSA) is 128 Å². The molecule has 0 unspecified atom stereocenters. The van der Waals surface area contributed by atoms with Gasteiger partial charge >= 0.3 is 0 Å². The zero-order valence-corrected chi connectivity index (χ0v) is 16.8. The summed E-state index contributed by atoms with van der Waals surface area (Å²) in [5.74, 6) is -1.67. The van der Waals surface area contributed by atoms with Gasteiger partial charge in [0.15, 0.2) is 17.3 Å². The number of halogens is 1. The summed E-state index contributed by atoms with van der Waals surface area (Å²) in [5.41, 5.74) is 3.92. The number of nitrogens with zero attached hydrogens (tertiary/aromatic N) is 2. The van der Waals surface area contributed by atoms with Crippen molar-refractivity contribution in [3.05, 3.63) is 70.4 Å². The molecule has 8 nitrogen and oxygen atoms in total. The molecule has 30 heavy (non-hydrogen) atoms. The number of amides is 1. The molecular formula is C21H14BrN3O5. The predicted octanol–water partition coefficient (Wildman–Crippen LogP) is 4.14. The second-order valence-corrected chi connectivity index (χ2v) is 7.18. The SMILES string of the molecule is O=C(N/N=C/c1ccc(O)c(O)c1O)c1cc(-c2ccco2)nc2ccc(Br)cc12. The van der Waals surface area contributed by atoms with Crippen LogP contribution in [-0.4, -0.2) is 32.4 Å². The molecule has 1 amide bonds. The van der Waals surface area contributed by atoms with Gasteiger partial charge in [-0.1, -0.05) is 15.9 Å². The molecule has 2 heterocycles. The van der Waals surface area contributed by atoms with Crippen molar-refractivity contribution in [2.75, 3.05) is 0 Å². The maximum Gasteiger partial charge on any atom is 0.272 e. The molecule has 0 saturated carbocycles. The highest BCUT2D eigenvalue weighted by Gasteiger charge is 2.15. The van der Waals surface area contributed by atoms with Gasteiger partial charge < -0.3 is 19.7 Å². The summed E-state index contributed by atoms with van der Waals surface area (Å²) in [5, 5.41) is 33.2. The number of rotatable bonds is 4. The number of hydrogen-bond donors (Lipinski definition) is 4. The van der Waals surface area contributed by atoms with Crippen LogP contribution in [0, 0.1) is 0 Å². The van der Waals surface area contributed by atoms with Crippen LogP contribution in [0.25, 0.3) is 22.4 Å². The van der Waals surface area contributed by atoms with Gasteiger partial charge in [-0.25, -0.2) is 10.4 Å².